The first kappa shape index (κ1) is 11.7. The first-order valence-corrected chi connectivity index (χ1v) is 6.07. The van der Waals surface area contributed by atoms with Crippen LogP contribution in [-0.4, -0.2) is 4.98 Å². The number of anilines is 1. The molecule has 3 rings (SSSR count). The molecule has 3 nitrogen and oxygen atoms in total. The molecule has 0 radical (unpaired) electrons. The van der Waals surface area contributed by atoms with Crippen molar-refractivity contribution in [1.29, 1.82) is 0 Å². The molecule has 0 spiro atoms. The quantitative estimate of drug-likeness (QED) is 0.772. The second kappa shape index (κ2) is 4.72. The summed E-state index contributed by atoms with van der Waals surface area (Å²) in [5, 5.41) is 3.05. The monoisotopic (exact) mass is 256 g/mol. The minimum absolute atomic E-state index is 0.197. The number of nitrogens with one attached hydrogen (secondary N) is 1. The minimum Gasteiger partial charge on any atom is -0.424 e. The molecule has 2 aromatic carbocycles. The molecule has 0 fully saturated rings. The van der Waals surface area contributed by atoms with Crippen LogP contribution in [0.25, 0.3) is 11.1 Å². The van der Waals surface area contributed by atoms with Gasteiger partial charge in [0, 0.05) is 6.54 Å². The van der Waals surface area contributed by atoms with Gasteiger partial charge in [-0.15, -0.1) is 0 Å². The summed E-state index contributed by atoms with van der Waals surface area (Å²) in [6.45, 7) is 2.22. The molecule has 0 bridgehead atoms. The fraction of sp³-hybridized carbons (Fsp3) is 0.133. The van der Waals surface area contributed by atoms with E-state index in [4.69, 9.17) is 4.42 Å². The van der Waals surface area contributed by atoms with E-state index in [-0.39, 0.29) is 5.82 Å². The highest BCUT2D eigenvalue weighted by Gasteiger charge is 2.05. The lowest BCUT2D eigenvalue weighted by molar-refractivity contribution is 0.609. The van der Waals surface area contributed by atoms with Crippen LogP contribution in [0.5, 0.6) is 0 Å². The lowest BCUT2D eigenvalue weighted by atomic mass is 10.1. The summed E-state index contributed by atoms with van der Waals surface area (Å²) in [6, 6.07) is 13.2. The lowest BCUT2D eigenvalue weighted by Gasteiger charge is -2.03. The van der Waals surface area contributed by atoms with E-state index < -0.39 is 0 Å². The van der Waals surface area contributed by atoms with Crippen LogP contribution >= 0.6 is 0 Å². The van der Waals surface area contributed by atoms with Crippen molar-refractivity contribution in [2.24, 2.45) is 0 Å². The number of aromatic nitrogens is 1. The SMILES string of the molecule is Cc1ccc(CNc2nc3ccccc3o2)cc1F. The van der Waals surface area contributed by atoms with Crippen molar-refractivity contribution >= 4 is 17.1 Å². The molecular formula is C15H13FN2O. The molecular weight excluding hydrogens is 243 g/mol. The Bertz CT molecular complexity index is 688. The number of oxazole rings is 1. The smallest absolute Gasteiger partial charge is 0.295 e. The van der Waals surface area contributed by atoms with Gasteiger partial charge in [0.05, 0.1) is 0 Å². The van der Waals surface area contributed by atoms with Gasteiger partial charge < -0.3 is 9.73 Å². The number of nitrogens with zero attached hydrogens (tertiary/aromatic N) is 1. The van der Waals surface area contributed by atoms with Gasteiger partial charge in [-0.25, -0.2) is 4.39 Å². The second-order valence-electron chi connectivity index (χ2n) is 4.42. The standard InChI is InChI=1S/C15H13FN2O/c1-10-6-7-11(8-12(10)16)9-17-15-18-13-4-2-3-5-14(13)19-15/h2-8H,9H2,1H3,(H,17,18). The molecule has 0 aliphatic rings. The molecule has 0 unspecified atom stereocenters. The van der Waals surface area contributed by atoms with Crippen LogP contribution in [0.15, 0.2) is 46.9 Å². The van der Waals surface area contributed by atoms with Crippen LogP contribution in [0.4, 0.5) is 10.4 Å². The minimum atomic E-state index is -0.197. The van der Waals surface area contributed by atoms with Gasteiger partial charge in [0.1, 0.15) is 11.3 Å². The third-order valence-electron chi connectivity index (χ3n) is 2.97. The zero-order chi connectivity index (χ0) is 13.2. The van der Waals surface area contributed by atoms with Gasteiger partial charge in [-0.05, 0) is 36.2 Å². The number of fused-ring (bicyclic) bond motifs is 1. The molecule has 1 aromatic heterocycles. The highest BCUT2D eigenvalue weighted by atomic mass is 19.1. The number of para-hydroxylation sites is 2. The van der Waals surface area contributed by atoms with Crippen molar-refractivity contribution in [2.75, 3.05) is 5.32 Å². The van der Waals surface area contributed by atoms with Crippen LogP contribution < -0.4 is 5.32 Å². The lowest BCUT2D eigenvalue weighted by Crippen LogP contribution is -2.00. The summed E-state index contributed by atoms with van der Waals surface area (Å²) in [4.78, 5) is 4.30. The number of hydrogen-bond acceptors (Lipinski definition) is 3. The summed E-state index contributed by atoms with van der Waals surface area (Å²) in [5.41, 5.74) is 3.04. The number of hydrogen-bond donors (Lipinski definition) is 1. The predicted molar refractivity (Wildman–Crippen MR) is 72.5 cm³/mol. The Morgan fingerprint density at radius 3 is 2.84 bits per heavy atom. The molecule has 3 aromatic rings. The van der Waals surface area contributed by atoms with Crippen LogP contribution in [-0.2, 0) is 6.54 Å². The highest BCUT2D eigenvalue weighted by Crippen LogP contribution is 2.19. The third kappa shape index (κ3) is 2.42. The Morgan fingerprint density at radius 1 is 1.21 bits per heavy atom. The number of aryl methyl sites for hydroxylation is 1. The van der Waals surface area contributed by atoms with E-state index in [9.17, 15) is 4.39 Å². The molecule has 0 atom stereocenters. The van der Waals surface area contributed by atoms with E-state index in [2.05, 4.69) is 10.3 Å². The zero-order valence-corrected chi connectivity index (χ0v) is 10.5. The number of halogens is 1. The molecule has 4 heteroatoms. The molecule has 1 heterocycles. The van der Waals surface area contributed by atoms with E-state index >= 15 is 0 Å². The van der Waals surface area contributed by atoms with Crippen molar-refractivity contribution < 1.29 is 8.81 Å². The number of benzene rings is 2. The summed E-state index contributed by atoms with van der Waals surface area (Å²) < 4.78 is 18.9. The molecule has 0 amide bonds. The Balaban J connectivity index is 1.76. The van der Waals surface area contributed by atoms with Gasteiger partial charge in [-0.3, -0.25) is 0 Å². The van der Waals surface area contributed by atoms with Crippen LogP contribution in [0.1, 0.15) is 11.1 Å². The van der Waals surface area contributed by atoms with Crippen molar-refractivity contribution in [3.8, 4) is 0 Å². The molecule has 0 saturated heterocycles. The highest BCUT2D eigenvalue weighted by molar-refractivity contribution is 5.74. The Hall–Kier alpha value is -2.36. The zero-order valence-electron chi connectivity index (χ0n) is 10.5. The molecule has 1 N–H and O–H groups in total. The van der Waals surface area contributed by atoms with E-state index in [1.165, 1.54) is 6.07 Å². The van der Waals surface area contributed by atoms with E-state index in [0.29, 0.717) is 18.1 Å². The summed E-state index contributed by atoms with van der Waals surface area (Å²) >= 11 is 0. The average molecular weight is 256 g/mol. The van der Waals surface area contributed by atoms with Crippen LogP contribution in [0, 0.1) is 12.7 Å². The Kier molecular flexibility index (Phi) is 2.91. The summed E-state index contributed by atoms with van der Waals surface area (Å²) in [7, 11) is 0. The Labute approximate surface area is 110 Å². The van der Waals surface area contributed by atoms with Gasteiger partial charge >= 0.3 is 0 Å². The van der Waals surface area contributed by atoms with Gasteiger partial charge in [-0.2, -0.15) is 4.98 Å². The van der Waals surface area contributed by atoms with Crippen LogP contribution in [0.2, 0.25) is 0 Å². The maximum atomic E-state index is 13.4. The molecule has 19 heavy (non-hydrogen) atoms. The largest absolute Gasteiger partial charge is 0.424 e. The number of rotatable bonds is 3. The van der Waals surface area contributed by atoms with Gasteiger partial charge in [-0.1, -0.05) is 24.3 Å². The third-order valence-corrected chi connectivity index (χ3v) is 2.97. The van der Waals surface area contributed by atoms with Crippen molar-refractivity contribution in [1.82, 2.24) is 4.98 Å². The summed E-state index contributed by atoms with van der Waals surface area (Å²) in [5.74, 6) is -0.197. The van der Waals surface area contributed by atoms with E-state index in [0.717, 1.165) is 16.7 Å². The van der Waals surface area contributed by atoms with Crippen LogP contribution in [0.3, 0.4) is 0 Å². The molecule has 0 aliphatic heterocycles. The summed E-state index contributed by atoms with van der Waals surface area (Å²) in [6.07, 6.45) is 0. The molecule has 0 aliphatic carbocycles. The fourth-order valence-corrected chi connectivity index (χ4v) is 1.87. The maximum absolute atomic E-state index is 13.4. The molecule has 96 valence electrons. The van der Waals surface area contributed by atoms with Crippen molar-refractivity contribution in [3.63, 3.8) is 0 Å². The first-order chi connectivity index (χ1) is 9.22. The van der Waals surface area contributed by atoms with E-state index in [1.54, 1.807) is 13.0 Å². The first-order valence-electron chi connectivity index (χ1n) is 6.07. The van der Waals surface area contributed by atoms with Crippen molar-refractivity contribution in [3.05, 3.63) is 59.4 Å². The predicted octanol–water partition coefficient (Wildman–Crippen LogP) is 3.89. The topological polar surface area (TPSA) is 38.1 Å². The average Bonchev–Trinajstić information content (AvgIpc) is 2.83. The van der Waals surface area contributed by atoms with Crippen molar-refractivity contribution in [2.45, 2.75) is 13.5 Å². The van der Waals surface area contributed by atoms with Gasteiger partial charge in [0.2, 0.25) is 0 Å². The van der Waals surface area contributed by atoms with E-state index in [1.807, 2.05) is 30.3 Å². The normalized spacial score (nSPS) is 10.8. The maximum Gasteiger partial charge on any atom is 0.295 e. The fourth-order valence-electron chi connectivity index (χ4n) is 1.87. The van der Waals surface area contributed by atoms with Gasteiger partial charge in [0.15, 0.2) is 5.58 Å². The second-order valence-corrected chi connectivity index (χ2v) is 4.42. The van der Waals surface area contributed by atoms with Gasteiger partial charge in [0.25, 0.3) is 6.01 Å². The Morgan fingerprint density at radius 2 is 2.05 bits per heavy atom. The molecule has 0 saturated carbocycles.